The van der Waals surface area contributed by atoms with Crippen LogP contribution in [-0.4, -0.2) is 19.2 Å². The van der Waals surface area contributed by atoms with Crippen molar-refractivity contribution in [2.75, 3.05) is 14.2 Å². The predicted octanol–water partition coefficient (Wildman–Crippen LogP) is 3.51. The van der Waals surface area contributed by atoms with Crippen LogP contribution in [0.5, 0.6) is 11.5 Å². The molecule has 0 bridgehead atoms. The summed E-state index contributed by atoms with van der Waals surface area (Å²) in [6, 6.07) is 4.13. The first-order valence-electron chi connectivity index (χ1n) is 6.21. The number of hydrogen-bond donors (Lipinski definition) is 0. The van der Waals surface area contributed by atoms with Crippen LogP contribution < -0.4 is 9.47 Å². The SMILES string of the molecule is CCCc1cnc2cc(OC)c(OC)c(C)c2c1. The van der Waals surface area contributed by atoms with Gasteiger partial charge in [0.1, 0.15) is 0 Å². The highest BCUT2D eigenvalue weighted by Crippen LogP contribution is 2.36. The van der Waals surface area contributed by atoms with E-state index in [0.29, 0.717) is 0 Å². The van der Waals surface area contributed by atoms with E-state index in [-0.39, 0.29) is 0 Å². The molecule has 0 fully saturated rings. The molecule has 1 heterocycles. The van der Waals surface area contributed by atoms with Crippen molar-refractivity contribution in [1.82, 2.24) is 4.98 Å². The number of aromatic nitrogens is 1. The Bertz CT molecular complexity index is 564. The fourth-order valence-corrected chi connectivity index (χ4v) is 2.26. The first-order chi connectivity index (χ1) is 8.71. The van der Waals surface area contributed by atoms with Gasteiger partial charge in [0, 0.05) is 23.2 Å². The van der Waals surface area contributed by atoms with Crippen molar-refractivity contribution in [3.05, 3.63) is 29.5 Å². The van der Waals surface area contributed by atoms with Crippen LogP contribution in [0.25, 0.3) is 10.9 Å². The van der Waals surface area contributed by atoms with Crippen molar-refractivity contribution in [2.24, 2.45) is 0 Å². The van der Waals surface area contributed by atoms with Gasteiger partial charge in [0.05, 0.1) is 19.7 Å². The van der Waals surface area contributed by atoms with E-state index in [4.69, 9.17) is 9.47 Å². The maximum absolute atomic E-state index is 5.42. The number of nitrogens with zero attached hydrogens (tertiary/aromatic N) is 1. The molecule has 96 valence electrons. The summed E-state index contributed by atoms with van der Waals surface area (Å²) >= 11 is 0. The van der Waals surface area contributed by atoms with Crippen molar-refractivity contribution in [3.8, 4) is 11.5 Å². The third kappa shape index (κ3) is 2.13. The molecule has 0 aliphatic heterocycles. The standard InChI is InChI=1S/C15H19NO2/c1-5-6-11-7-12-10(2)15(18-4)14(17-3)8-13(12)16-9-11/h7-9H,5-6H2,1-4H3. The van der Waals surface area contributed by atoms with Crippen molar-refractivity contribution in [1.29, 1.82) is 0 Å². The van der Waals surface area contributed by atoms with Gasteiger partial charge in [-0.1, -0.05) is 13.3 Å². The molecule has 18 heavy (non-hydrogen) atoms. The Balaban J connectivity index is 2.66. The molecule has 2 rings (SSSR count). The van der Waals surface area contributed by atoms with E-state index in [1.54, 1.807) is 14.2 Å². The monoisotopic (exact) mass is 245 g/mol. The van der Waals surface area contributed by atoms with E-state index in [1.807, 2.05) is 19.2 Å². The van der Waals surface area contributed by atoms with Gasteiger partial charge in [-0.15, -0.1) is 0 Å². The van der Waals surface area contributed by atoms with Crippen LogP contribution in [0.3, 0.4) is 0 Å². The molecule has 0 spiro atoms. The molecule has 1 aromatic heterocycles. The summed E-state index contributed by atoms with van der Waals surface area (Å²) in [4.78, 5) is 4.51. The summed E-state index contributed by atoms with van der Waals surface area (Å²) in [6.07, 6.45) is 4.12. The molecule has 0 saturated carbocycles. The summed E-state index contributed by atoms with van der Waals surface area (Å²) in [7, 11) is 3.31. The van der Waals surface area contributed by atoms with Crippen molar-refractivity contribution < 1.29 is 9.47 Å². The van der Waals surface area contributed by atoms with E-state index in [2.05, 4.69) is 18.0 Å². The van der Waals surface area contributed by atoms with Crippen LogP contribution in [0.2, 0.25) is 0 Å². The average molecular weight is 245 g/mol. The van der Waals surface area contributed by atoms with Gasteiger partial charge >= 0.3 is 0 Å². The van der Waals surface area contributed by atoms with Gasteiger partial charge in [0.15, 0.2) is 11.5 Å². The normalized spacial score (nSPS) is 10.7. The van der Waals surface area contributed by atoms with Crippen LogP contribution >= 0.6 is 0 Å². The second kappa shape index (κ2) is 5.25. The summed E-state index contributed by atoms with van der Waals surface area (Å²) in [5.74, 6) is 1.53. The molecule has 0 N–H and O–H groups in total. The molecule has 2 aromatic rings. The lowest BCUT2D eigenvalue weighted by Crippen LogP contribution is -1.96. The number of methoxy groups -OCH3 is 2. The third-order valence-corrected chi connectivity index (χ3v) is 3.17. The second-order valence-corrected chi connectivity index (χ2v) is 4.40. The number of fused-ring (bicyclic) bond motifs is 1. The lowest BCUT2D eigenvalue weighted by molar-refractivity contribution is 0.354. The Morgan fingerprint density at radius 3 is 2.56 bits per heavy atom. The summed E-state index contributed by atoms with van der Waals surface area (Å²) < 4.78 is 10.8. The zero-order chi connectivity index (χ0) is 13.1. The van der Waals surface area contributed by atoms with Gasteiger partial charge in [-0.05, 0) is 25.0 Å². The molecule has 3 nitrogen and oxygen atoms in total. The molecule has 0 aliphatic carbocycles. The largest absolute Gasteiger partial charge is 0.493 e. The van der Waals surface area contributed by atoms with Gasteiger partial charge < -0.3 is 9.47 Å². The van der Waals surface area contributed by atoms with Gasteiger partial charge in [-0.3, -0.25) is 4.98 Å². The smallest absolute Gasteiger partial charge is 0.164 e. The zero-order valence-corrected chi connectivity index (χ0v) is 11.4. The fraction of sp³-hybridized carbons (Fsp3) is 0.400. The summed E-state index contributed by atoms with van der Waals surface area (Å²) in [5, 5.41) is 1.14. The second-order valence-electron chi connectivity index (χ2n) is 4.40. The van der Waals surface area contributed by atoms with Gasteiger partial charge in [-0.25, -0.2) is 0 Å². The maximum atomic E-state index is 5.42. The van der Waals surface area contributed by atoms with E-state index in [1.165, 1.54) is 5.56 Å². The number of ether oxygens (including phenoxy) is 2. The Morgan fingerprint density at radius 2 is 1.94 bits per heavy atom. The molecule has 0 amide bonds. The summed E-state index contributed by atoms with van der Waals surface area (Å²) in [5.41, 5.74) is 3.29. The molecule has 0 unspecified atom stereocenters. The molecule has 1 aromatic carbocycles. The average Bonchev–Trinajstić information content (AvgIpc) is 2.39. The quantitative estimate of drug-likeness (QED) is 0.826. The highest BCUT2D eigenvalue weighted by Gasteiger charge is 2.12. The zero-order valence-electron chi connectivity index (χ0n) is 11.4. The molecule has 0 aliphatic rings. The molecule has 0 radical (unpaired) electrons. The Labute approximate surface area is 108 Å². The van der Waals surface area contributed by atoms with Crippen molar-refractivity contribution >= 4 is 10.9 Å². The highest BCUT2D eigenvalue weighted by molar-refractivity contribution is 5.87. The number of hydrogen-bond acceptors (Lipinski definition) is 3. The number of benzene rings is 1. The maximum Gasteiger partial charge on any atom is 0.164 e. The first kappa shape index (κ1) is 12.7. The molecule has 0 atom stereocenters. The van der Waals surface area contributed by atoms with Crippen LogP contribution in [0.4, 0.5) is 0 Å². The Hall–Kier alpha value is -1.77. The fourth-order valence-electron chi connectivity index (χ4n) is 2.26. The predicted molar refractivity (Wildman–Crippen MR) is 73.6 cm³/mol. The van der Waals surface area contributed by atoms with Gasteiger partial charge in [0.2, 0.25) is 0 Å². The number of aryl methyl sites for hydroxylation is 2. The number of pyridine rings is 1. The minimum Gasteiger partial charge on any atom is -0.493 e. The molecular formula is C15H19NO2. The molecule has 0 saturated heterocycles. The van der Waals surface area contributed by atoms with Crippen molar-refractivity contribution in [2.45, 2.75) is 26.7 Å². The third-order valence-electron chi connectivity index (χ3n) is 3.17. The van der Waals surface area contributed by atoms with E-state index >= 15 is 0 Å². The minimum absolute atomic E-state index is 0.734. The van der Waals surface area contributed by atoms with Gasteiger partial charge in [-0.2, -0.15) is 0 Å². The minimum atomic E-state index is 0.734. The lowest BCUT2D eigenvalue weighted by Gasteiger charge is -2.13. The van der Waals surface area contributed by atoms with Crippen LogP contribution in [0.15, 0.2) is 18.3 Å². The lowest BCUT2D eigenvalue weighted by atomic mass is 10.0. The van der Waals surface area contributed by atoms with Crippen molar-refractivity contribution in [3.63, 3.8) is 0 Å². The van der Waals surface area contributed by atoms with E-state index < -0.39 is 0 Å². The summed E-state index contributed by atoms with van der Waals surface area (Å²) in [6.45, 7) is 4.22. The first-order valence-corrected chi connectivity index (χ1v) is 6.21. The van der Waals surface area contributed by atoms with E-state index in [0.717, 1.165) is 40.8 Å². The number of rotatable bonds is 4. The molecule has 3 heteroatoms. The Morgan fingerprint density at radius 1 is 1.17 bits per heavy atom. The van der Waals surface area contributed by atoms with E-state index in [9.17, 15) is 0 Å². The Kier molecular flexibility index (Phi) is 3.70. The van der Waals surface area contributed by atoms with Crippen LogP contribution in [-0.2, 0) is 6.42 Å². The van der Waals surface area contributed by atoms with Crippen LogP contribution in [0, 0.1) is 6.92 Å². The molecular weight excluding hydrogens is 226 g/mol. The highest BCUT2D eigenvalue weighted by atomic mass is 16.5. The van der Waals surface area contributed by atoms with Gasteiger partial charge in [0.25, 0.3) is 0 Å². The van der Waals surface area contributed by atoms with Crippen LogP contribution in [0.1, 0.15) is 24.5 Å². The topological polar surface area (TPSA) is 31.4 Å².